The maximum Gasteiger partial charge on any atom is 0.364 e. The molecular formula is C9H14N6O. The Balaban J connectivity index is 2.44. The lowest BCUT2D eigenvalue weighted by Crippen LogP contribution is -2.30. The molecule has 7 heteroatoms. The minimum Gasteiger partial charge on any atom is -0.354 e. The van der Waals surface area contributed by atoms with Crippen LogP contribution in [-0.4, -0.2) is 39.4 Å². The molecule has 0 spiro atoms. The van der Waals surface area contributed by atoms with Crippen LogP contribution in [0.1, 0.15) is 6.92 Å². The Labute approximate surface area is 91.9 Å². The average molecular weight is 222 g/mol. The molecule has 0 saturated carbocycles. The number of H-pyrrole nitrogens is 1. The van der Waals surface area contributed by atoms with Crippen molar-refractivity contribution < 1.29 is 0 Å². The van der Waals surface area contributed by atoms with Gasteiger partial charge in [0.1, 0.15) is 5.82 Å². The number of nitrogens with two attached hydrogens (primary N) is 1. The van der Waals surface area contributed by atoms with Crippen molar-refractivity contribution in [1.82, 2.24) is 19.8 Å². The predicted molar refractivity (Wildman–Crippen MR) is 60.5 cm³/mol. The van der Waals surface area contributed by atoms with Crippen LogP contribution in [0.4, 0.5) is 5.82 Å². The Kier molecular flexibility index (Phi) is 2.86. The molecule has 2 aromatic heterocycles. The zero-order valence-corrected chi connectivity index (χ0v) is 9.05. The number of nitrogens with zero attached hydrogens (tertiary/aromatic N) is 4. The number of likely N-dealkylation sites (N-methyl/N-ethyl adjacent to an activating group) is 1. The smallest absolute Gasteiger partial charge is 0.354 e. The molecule has 2 aromatic rings. The molecule has 0 atom stereocenters. The standard InChI is InChI=1S/C9H14N6O/c1-2-14(6-5-10)8-4-3-7-11-12-9(16)15(7)13-8/h3-4H,2,5-6,10H2,1H3,(H,12,16). The average Bonchev–Trinajstić information content (AvgIpc) is 2.68. The summed E-state index contributed by atoms with van der Waals surface area (Å²) in [6.07, 6.45) is 0. The van der Waals surface area contributed by atoms with E-state index < -0.39 is 0 Å². The Bertz CT molecular complexity index is 530. The van der Waals surface area contributed by atoms with Crippen LogP contribution < -0.4 is 16.3 Å². The quantitative estimate of drug-likeness (QED) is 0.706. The highest BCUT2D eigenvalue weighted by atomic mass is 16.2. The topological polar surface area (TPSA) is 92.3 Å². The van der Waals surface area contributed by atoms with Gasteiger partial charge in [0, 0.05) is 19.6 Å². The van der Waals surface area contributed by atoms with Crippen molar-refractivity contribution in [3.63, 3.8) is 0 Å². The molecule has 0 aliphatic carbocycles. The molecule has 0 saturated heterocycles. The van der Waals surface area contributed by atoms with Crippen LogP contribution in [-0.2, 0) is 0 Å². The summed E-state index contributed by atoms with van der Waals surface area (Å²) in [7, 11) is 0. The van der Waals surface area contributed by atoms with Crippen molar-refractivity contribution in [2.45, 2.75) is 6.92 Å². The van der Waals surface area contributed by atoms with Gasteiger partial charge in [-0.25, -0.2) is 9.89 Å². The molecule has 0 radical (unpaired) electrons. The lowest BCUT2D eigenvalue weighted by atomic mass is 10.4. The minimum atomic E-state index is -0.333. The fourth-order valence-corrected chi connectivity index (χ4v) is 1.55. The molecule has 16 heavy (non-hydrogen) atoms. The number of rotatable bonds is 4. The lowest BCUT2D eigenvalue weighted by Gasteiger charge is -2.20. The van der Waals surface area contributed by atoms with Gasteiger partial charge in [-0.15, -0.1) is 5.10 Å². The molecule has 3 N–H and O–H groups in total. The van der Waals surface area contributed by atoms with Gasteiger partial charge in [0.05, 0.1) is 0 Å². The van der Waals surface area contributed by atoms with Gasteiger partial charge in [-0.1, -0.05) is 0 Å². The number of hydrogen-bond acceptors (Lipinski definition) is 5. The van der Waals surface area contributed by atoms with Gasteiger partial charge in [-0.2, -0.15) is 9.61 Å². The Morgan fingerprint density at radius 1 is 1.56 bits per heavy atom. The molecule has 2 heterocycles. The SMILES string of the molecule is CCN(CCN)c1ccc2n[nH]c(=O)n2n1. The Morgan fingerprint density at radius 3 is 3.06 bits per heavy atom. The molecular weight excluding hydrogens is 208 g/mol. The van der Waals surface area contributed by atoms with Crippen molar-refractivity contribution in [2.24, 2.45) is 5.73 Å². The first kappa shape index (κ1) is 10.6. The summed E-state index contributed by atoms with van der Waals surface area (Å²) < 4.78 is 1.24. The van der Waals surface area contributed by atoms with Crippen LogP contribution >= 0.6 is 0 Å². The van der Waals surface area contributed by atoms with Crippen molar-refractivity contribution in [3.8, 4) is 0 Å². The normalized spacial score (nSPS) is 10.9. The van der Waals surface area contributed by atoms with Gasteiger partial charge in [-0.3, -0.25) is 0 Å². The fraction of sp³-hybridized carbons (Fsp3) is 0.444. The first-order valence-corrected chi connectivity index (χ1v) is 5.15. The molecule has 0 aromatic carbocycles. The predicted octanol–water partition coefficient (Wildman–Crippen LogP) is -0.797. The van der Waals surface area contributed by atoms with Gasteiger partial charge in [0.25, 0.3) is 0 Å². The summed E-state index contributed by atoms with van der Waals surface area (Å²) in [6.45, 7) is 4.07. The third-order valence-corrected chi connectivity index (χ3v) is 2.36. The van der Waals surface area contributed by atoms with Crippen molar-refractivity contribution in [1.29, 1.82) is 0 Å². The highest BCUT2D eigenvalue weighted by Gasteiger charge is 2.07. The molecule has 0 fully saturated rings. The van der Waals surface area contributed by atoms with E-state index in [0.717, 1.165) is 12.4 Å². The summed E-state index contributed by atoms with van der Waals surface area (Å²) in [5.41, 5.74) is 5.69. The molecule has 7 nitrogen and oxygen atoms in total. The van der Waals surface area contributed by atoms with Crippen LogP contribution in [0.5, 0.6) is 0 Å². The van der Waals surface area contributed by atoms with E-state index in [9.17, 15) is 4.79 Å². The second-order valence-corrected chi connectivity index (χ2v) is 3.36. The molecule has 0 amide bonds. The lowest BCUT2D eigenvalue weighted by molar-refractivity contribution is 0.769. The van der Waals surface area contributed by atoms with Gasteiger partial charge >= 0.3 is 5.69 Å². The highest BCUT2D eigenvalue weighted by Crippen LogP contribution is 2.08. The van der Waals surface area contributed by atoms with Gasteiger partial charge < -0.3 is 10.6 Å². The van der Waals surface area contributed by atoms with E-state index in [-0.39, 0.29) is 5.69 Å². The zero-order valence-electron chi connectivity index (χ0n) is 9.05. The largest absolute Gasteiger partial charge is 0.364 e. The maximum atomic E-state index is 11.3. The van der Waals surface area contributed by atoms with Crippen molar-refractivity contribution in [3.05, 3.63) is 22.6 Å². The van der Waals surface area contributed by atoms with E-state index in [0.29, 0.717) is 18.7 Å². The third kappa shape index (κ3) is 1.76. The zero-order chi connectivity index (χ0) is 11.5. The van der Waals surface area contributed by atoms with E-state index in [1.807, 2.05) is 17.9 Å². The summed E-state index contributed by atoms with van der Waals surface area (Å²) in [5.74, 6) is 0.726. The molecule has 86 valence electrons. The molecule has 0 unspecified atom stereocenters. The van der Waals surface area contributed by atoms with Crippen molar-refractivity contribution in [2.75, 3.05) is 24.5 Å². The number of hydrogen-bond donors (Lipinski definition) is 2. The van der Waals surface area contributed by atoms with Gasteiger partial charge in [-0.05, 0) is 19.1 Å². The van der Waals surface area contributed by atoms with Crippen LogP contribution in [0.25, 0.3) is 5.65 Å². The van der Waals surface area contributed by atoms with Gasteiger partial charge in [0.2, 0.25) is 0 Å². The summed E-state index contributed by atoms with van der Waals surface area (Å²) >= 11 is 0. The maximum absolute atomic E-state index is 11.3. The van der Waals surface area contributed by atoms with Crippen LogP contribution in [0.3, 0.4) is 0 Å². The van der Waals surface area contributed by atoms with E-state index in [1.54, 1.807) is 6.07 Å². The Morgan fingerprint density at radius 2 is 2.38 bits per heavy atom. The fourth-order valence-electron chi connectivity index (χ4n) is 1.55. The Hall–Kier alpha value is -1.89. The number of nitrogens with one attached hydrogen (secondary N) is 1. The monoisotopic (exact) mass is 222 g/mol. The number of fused-ring (bicyclic) bond motifs is 1. The molecule has 2 rings (SSSR count). The van der Waals surface area contributed by atoms with Crippen LogP contribution in [0.15, 0.2) is 16.9 Å². The third-order valence-electron chi connectivity index (χ3n) is 2.36. The van der Waals surface area contributed by atoms with E-state index in [2.05, 4.69) is 15.3 Å². The second kappa shape index (κ2) is 4.31. The van der Waals surface area contributed by atoms with E-state index in [1.165, 1.54) is 4.52 Å². The molecule has 0 aliphatic rings. The first-order valence-electron chi connectivity index (χ1n) is 5.15. The van der Waals surface area contributed by atoms with Crippen LogP contribution in [0, 0.1) is 0 Å². The van der Waals surface area contributed by atoms with Crippen LogP contribution in [0.2, 0.25) is 0 Å². The second-order valence-electron chi connectivity index (χ2n) is 3.36. The minimum absolute atomic E-state index is 0.333. The van der Waals surface area contributed by atoms with E-state index >= 15 is 0 Å². The highest BCUT2D eigenvalue weighted by molar-refractivity contribution is 5.44. The molecule has 0 aliphatic heterocycles. The molecule has 0 bridgehead atoms. The number of aromatic nitrogens is 4. The van der Waals surface area contributed by atoms with E-state index in [4.69, 9.17) is 5.73 Å². The summed E-state index contributed by atoms with van der Waals surface area (Å²) in [4.78, 5) is 13.3. The van der Waals surface area contributed by atoms with Gasteiger partial charge in [0.15, 0.2) is 5.65 Å². The summed E-state index contributed by atoms with van der Waals surface area (Å²) in [5, 5.41) is 10.4. The van der Waals surface area contributed by atoms with Crippen molar-refractivity contribution >= 4 is 11.5 Å². The number of aromatic amines is 1. The first-order chi connectivity index (χ1) is 7.76. The summed E-state index contributed by atoms with van der Waals surface area (Å²) in [6, 6.07) is 3.58. The number of anilines is 1.